The molecule has 0 fully saturated rings. The predicted molar refractivity (Wildman–Crippen MR) is 56.2 cm³/mol. The summed E-state index contributed by atoms with van der Waals surface area (Å²) in [6.45, 7) is 1.54. The van der Waals surface area contributed by atoms with E-state index in [0.717, 1.165) is 4.47 Å². The van der Waals surface area contributed by atoms with Crippen molar-refractivity contribution in [2.45, 2.75) is 17.7 Å². The monoisotopic (exact) mass is 284 g/mol. The highest BCUT2D eigenvalue weighted by Gasteiger charge is 2.31. The number of thioether (sulfide) groups is 1. The van der Waals surface area contributed by atoms with E-state index in [1.54, 1.807) is 31.2 Å². The van der Waals surface area contributed by atoms with Crippen molar-refractivity contribution in [3.8, 4) is 0 Å². The topological polar surface area (TPSA) is 0 Å². The highest BCUT2D eigenvalue weighted by Crippen LogP contribution is 2.41. The van der Waals surface area contributed by atoms with Gasteiger partial charge in [-0.05, 0) is 36.4 Å². The highest BCUT2D eigenvalue weighted by atomic mass is 79.9. The average molecular weight is 285 g/mol. The maximum Gasteiger partial charge on any atom is 0.442 e. The molecule has 0 nitrogen and oxygen atoms in total. The average Bonchev–Trinajstić information content (AvgIpc) is 2.02. The first-order valence-corrected chi connectivity index (χ1v) is 5.56. The molecular weight excluding hydrogens is 277 g/mol. The van der Waals surface area contributed by atoms with Crippen LogP contribution >= 0.6 is 27.7 Å². The molecule has 0 N–H and O–H groups in total. The zero-order chi connectivity index (χ0) is 10.8. The molecule has 0 radical (unpaired) electrons. The fourth-order valence-corrected chi connectivity index (χ4v) is 1.96. The van der Waals surface area contributed by atoms with Crippen molar-refractivity contribution < 1.29 is 13.2 Å². The SMILES string of the molecule is CC(SC(F)(F)F)c1ccc(Br)cc1. The second-order valence-electron chi connectivity index (χ2n) is 2.76. The molecule has 5 heteroatoms. The Hall–Kier alpha value is -0.160. The van der Waals surface area contributed by atoms with E-state index in [2.05, 4.69) is 15.9 Å². The lowest BCUT2D eigenvalue weighted by molar-refractivity contribution is -0.0333. The van der Waals surface area contributed by atoms with Crippen LogP contribution in [0.2, 0.25) is 0 Å². The van der Waals surface area contributed by atoms with Crippen LogP contribution < -0.4 is 0 Å². The van der Waals surface area contributed by atoms with Crippen LogP contribution in [0, 0.1) is 0 Å². The van der Waals surface area contributed by atoms with Gasteiger partial charge in [-0.25, -0.2) is 0 Å². The molecule has 0 aliphatic heterocycles. The maximum absolute atomic E-state index is 12.0. The fourth-order valence-electron chi connectivity index (χ4n) is 1.00. The lowest BCUT2D eigenvalue weighted by atomic mass is 10.2. The Morgan fingerprint density at radius 2 is 1.71 bits per heavy atom. The normalized spacial score (nSPS) is 14.1. The van der Waals surface area contributed by atoms with E-state index in [9.17, 15) is 13.2 Å². The molecule has 0 aliphatic carbocycles. The molecule has 0 saturated heterocycles. The van der Waals surface area contributed by atoms with Gasteiger partial charge in [-0.2, -0.15) is 13.2 Å². The van der Waals surface area contributed by atoms with Crippen LogP contribution in [-0.2, 0) is 0 Å². The van der Waals surface area contributed by atoms with E-state index in [-0.39, 0.29) is 11.8 Å². The lowest BCUT2D eigenvalue weighted by Crippen LogP contribution is -2.03. The van der Waals surface area contributed by atoms with E-state index in [0.29, 0.717) is 5.56 Å². The van der Waals surface area contributed by atoms with Gasteiger partial charge in [-0.15, -0.1) is 0 Å². The number of rotatable bonds is 2. The molecule has 0 spiro atoms. The molecule has 0 heterocycles. The second kappa shape index (κ2) is 4.57. The van der Waals surface area contributed by atoms with Crippen molar-refractivity contribution in [3.63, 3.8) is 0 Å². The number of benzene rings is 1. The third-order valence-electron chi connectivity index (χ3n) is 1.65. The van der Waals surface area contributed by atoms with Crippen LogP contribution in [-0.4, -0.2) is 5.51 Å². The van der Waals surface area contributed by atoms with Crippen LogP contribution in [0.4, 0.5) is 13.2 Å². The molecule has 78 valence electrons. The molecule has 0 aliphatic rings. The Kier molecular flexibility index (Phi) is 3.89. The van der Waals surface area contributed by atoms with E-state index >= 15 is 0 Å². The summed E-state index contributed by atoms with van der Waals surface area (Å²) in [5.74, 6) is 0. The van der Waals surface area contributed by atoms with Crippen LogP contribution in [0.15, 0.2) is 28.7 Å². The minimum Gasteiger partial charge on any atom is -0.160 e. The van der Waals surface area contributed by atoms with Crippen LogP contribution in [0.25, 0.3) is 0 Å². The van der Waals surface area contributed by atoms with Gasteiger partial charge in [-0.3, -0.25) is 0 Å². The van der Waals surface area contributed by atoms with Gasteiger partial charge in [0.25, 0.3) is 0 Å². The molecule has 1 atom stereocenters. The predicted octanol–water partition coefficient (Wildman–Crippen LogP) is 4.76. The molecule has 1 rings (SSSR count). The summed E-state index contributed by atoms with van der Waals surface area (Å²) in [6.07, 6.45) is 0. The minimum atomic E-state index is -4.17. The summed E-state index contributed by atoms with van der Waals surface area (Å²) < 4.78 is 36.9. The standard InChI is InChI=1S/C9H8BrF3S/c1-6(14-9(11,12)13)7-2-4-8(10)5-3-7/h2-6H,1H3. The summed E-state index contributed by atoms with van der Waals surface area (Å²) in [5, 5.41) is -0.567. The van der Waals surface area contributed by atoms with Crippen molar-refractivity contribution in [1.82, 2.24) is 0 Å². The lowest BCUT2D eigenvalue weighted by Gasteiger charge is -2.13. The van der Waals surface area contributed by atoms with Gasteiger partial charge >= 0.3 is 5.51 Å². The molecule has 14 heavy (non-hydrogen) atoms. The van der Waals surface area contributed by atoms with E-state index in [1.807, 2.05) is 0 Å². The van der Waals surface area contributed by atoms with Gasteiger partial charge in [0, 0.05) is 9.72 Å². The Labute approximate surface area is 93.0 Å². The molecule has 0 aromatic heterocycles. The Morgan fingerprint density at radius 1 is 1.21 bits per heavy atom. The Balaban J connectivity index is 2.70. The number of hydrogen-bond acceptors (Lipinski definition) is 1. The Morgan fingerprint density at radius 3 is 2.14 bits per heavy atom. The summed E-state index contributed by atoms with van der Waals surface area (Å²) in [4.78, 5) is 0. The zero-order valence-corrected chi connectivity index (χ0v) is 9.71. The number of alkyl halides is 3. The zero-order valence-electron chi connectivity index (χ0n) is 7.31. The number of halogens is 4. The van der Waals surface area contributed by atoms with Gasteiger partial charge < -0.3 is 0 Å². The van der Waals surface area contributed by atoms with Gasteiger partial charge in [0.05, 0.1) is 0 Å². The van der Waals surface area contributed by atoms with E-state index < -0.39 is 10.8 Å². The highest BCUT2D eigenvalue weighted by molar-refractivity contribution is 9.10. The van der Waals surface area contributed by atoms with Crippen molar-refractivity contribution in [2.24, 2.45) is 0 Å². The minimum absolute atomic E-state index is 0.000367. The molecule has 0 bridgehead atoms. The molecule has 0 amide bonds. The third kappa shape index (κ3) is 3.92. The second-order valence-corrected chi connectivity index (χ2v) is 5.08. The summed E-state index contributed by atoms with van der Waals surface area (Å²) >= 11 is 3.23. The summed E-state index contributed by atoms with van der Waals surface area (Å²) in [6, 6.07) is 6.85. The van der Waals surface area contributed by atoms with Crippen molar-refractivity contribution >= 4 is 27.7 Å². The van der Waals surface area contributed by atoms with Gasteiger partial charge in [0.1, 0.15) is 0 Å². The molecular formula is C9H8BrF3S. The van der Waals surface area contributed by atoms with Gasteiger partial charge in [-0.1, -0.05) is 28.1 Å². The maximum atomic E-state index is 12.0. The Bertz CT molecular complexity index is 294. The van der Waals surface area contributed by atoms with E-state index in [4.69, 9.17) is 0 Å². The number of hydrogen-bond donors (Lipinski definition) is 0. The van der Waals surface area contributed by atoms with Crippen LogP contribution in [0.3, 0.4) is 0 Å². The van der Waals surface area contributed by atoms with Crippen molar-refractivity contribution in [3.05, 3.63) is 34.3 Å². The van der Waals surface area contributed by atoms with Gasteiger partial charge in [0.2, 0.25) is 0 Å². The van der Waals surface area contributed by atoms with Crippen LogP contribution in [0.5, 0.6) is 0 Å². The quantitative estimate of drug-likeness (QED) is 0.754. The summed E-state index contributed by atoms with van der Waals surface area (Å²) in [5.41, 5.74) is -3.50. The van der Waals surface area contributed by atoms with Gasteiger partial charge in [0.15, 0.2) is 0 Å². The first kappa shape index (κ1) is 11.9. The fraction of sp³-hybridized carbons (Fsp3) is 0.333. The first-order chi connectivity index (χ1) is 6.38. The summed E-state index contributed by atoms with van der Waals surface area (Å²) in [7, 11) is 0. The third-order valence-corrected chi connectivity index (χ3v) is 3.07. The van der Waals surface area contributed by atoms with Crippen molar-refractivity contribution in [1.29, 1.82) is 0 Å². The smallest absolute Gasteiger partial charge is 0.160 e. The van der Waals surface area contributed by atoms with E-state index in [1.165, 1.54) is 0 Å². The molecule has 1 unspecified atom stereocenters. The molecule has 1 aromatic rings. The first-order valence-electron chi connectivity index (χ1n) is 3.88. The van der Waals surface area contributed by atoms with Crippen molar-refractivity contribution in [2.75, 3.05) is 0 Å². The van der Waals surface area contributed by atoms with Crippen LogP contribution in [0.1, 0.15) is 17.7 Å². The largest absolute Gasteiger partial charge is 0.442 e. The molecule has 1 aromatic carbocycles. The molecule has 0 saturated carbocycles.